The molecule has 0 amide bonds. The number of benzene rings is 2. The first-order valence-electron chi connectivity index (χ1n) is 6.92. The lowest BCUT2D eigenvalue weighted by Crippen LogP contribution is -1.96. The molecule has 0 unspecified atom stereocenters. The Labute approximate surface area is 134 Å². The van der Waals surface area contributed by atoms with Crippen LogP contribution in [0.4, 0.5) is 0 Å². The van der Waals surface area contributed by atoms with Crippen LogP contribution in [0.5, 0.6) is 11.5 Å². The highest BCUT2D eigenvalue weighted by atomic mass is 35.5. The second kappa shape index (κ2) is 5.85. The number of nitrogens with zero attached hydrogens (tertiary/aromatic N) is 1. The average molecular weight is 314 g/mol. The van der Waals surface area contributed by atoms with Crippen molar-refractivity contribution in [3.63, 3.8) is 0 Å². The molecule has 0 aliphatic heterocycles. The molecule has 0 spiro atoms. The summed E-state index contributed by atoms with van der Waals surface area (Å²) in [6, 6.07) is 13.6. The Kier molecular flexibility index (Phi) is 3.90. The number of hydrogen-bond acceptors (Lipinski definition) is 3. The zero-order chi connectivity index (χ0) is 15.7. The second-order valence-corrected chi connectivity index (χ2v) is 5.45. The third-order valence-electron chi connectivity index (χ3n) is 3.58. The van der Waals surface area contributed by atoms with Gasteiger partial charge in [0.15, 0.2) is 11.5 Å². The minimum Gasteiger partial charge on any atom is -0.493 e. The fourth-order valence-electron chi connectivity index (χ4n) is 2.61. The zero-order valence-electron chi connectivity index (χ0n) is 12.7. The third kappa shape index (κ3) is 2.48. The highest BCUT2D eigenvalue weighted by Crippen LogP contribution is 2.40. The van der Waals surface area contributed by atoms with E-state index in [2.05, 4.69) is 0 Å². The summed E-state index contributed by atoms with van der Waals surface area (Å²) in [6.07, 6.45) is 0. The van der Waals surface area contributed by atoms with E-state index < -0.39 is 0 Å². The molecule has 3 nitrogen and oxygen atoms in total. The van der Waals surface area contributed by atoms with Gasteiger partial charge in [-0.2, -0.15) is 0 Å². The van der Waals surface area contributed by atoms with E-state index in [4.69, 9.17) is 26.1 Å². The Bertz CT molecular complexity index is 829. The molecule has 1 aromatic heterocycles. The lowest BCUT2D eigenvalue weighted by Gasteiger charge is -2.14. The summed E-state index contributed by atoms with van der Waals surface area (Å²) < 4.78 is 11.0. The number of hydrogen-bond donors (Lipinski definition) is 0. The highest BCUT2D eigenvalue weighted by molar-refractivity contribution is 6.30. The summed E-state index contributed by atoms with van der Waals surface area (Å²) in [6.45, 7) is 1.98. The molecule has 22 heavy (non-hydrogen) atoms. The van der Waals surface area contributed by atoms with Gasteiger partial charge in [0.2, 0.25) is 0 Å². The normalized spacial score (nSPS) is 10.7. The Morgan fingerprint density at radius 2 is 1.68 bits per heavy atom. The van der Waals surface area contributed by atoms with E-state index in [1.807, 2.05) is 49.4 Å². The standard InChI is InChI=1S/C18H16ClNO2/c1-11-10-13-6-9-15(21-2)18(22-3)16(13)17(20-11)12-4-7-14(19)8-5-12/h4-10H,1-3H3. The first-order chi connectivity index (χ1) is 10.6. The van der Waals surface area contributed by atoms with Gasteiger partial charge in [-0.05, 0) is 36.6 Å². The lowest BCUT2D eigenvalue weighted by atomic mass is 10.0. The van der Waals surface area contributed by atoms with E-state index in [1.165, 1.54) is 0 Å². The topological polar surface area (TPSA) is 31.4 Å². The van der Waals surface area contributed by atoms with Crippen molar-refractivity contribution in [1.29, 1.82) is 0 Å². The Morgan fingerprint density at radius 3 is 2.32 bits per heavy atom. The molecule has 4 heteroatoms. The van der Waals surface area contributed by atoms with Crippen LogP contribution in [0.1, 0.15) is 5.69 Å². The van der Waals surface area contributed by atoms with Gasteiger partial charge in [0.05, 0.1) is 25.3 Å². The average Bonchev–Trinajstić information content (AvgIpc) is 2.53. The maximum atomic E-state index is 5.99. The van der Waals surface area contributed by atoms with E-state index >= 15 is 0 Å². The first-order valence-corrected chi connectivity index (χ1v) is 7.30. The molecule has 0 atom stereocenters. The summed E-state index contributed by atoms with van der Waals surface area (Å²) >= 11 is 5.99. The molecule has 0 bridgehead atoms. The van der Waals surface area contributed by atoms with Crippen molar-refractivity contribution in [2.24, 2.45) is 0 Å². The van der Waals surface area contributed by atoms with Crippen LogP contribution >= 0.6 is 11.6 Å². The van der Waals surface area contributed by atoms with Crippen LogP contribution in [-0.4, -0.2) is 19.2 Å². The minimum absolute atomic E-state index is 0.691. The van der Waals surface area contributed by atoms with Gasteiger partial charge in [0.1, 0.15) is 0 Å². The number of pyridine rings is 1. The van der Waals surface area contributed by atoms with Crippen molar-refractivity contribution < 1.29 is 9.47 Å². The molecule has 0 aliphatic rings. The van der Waals surface area contributed by atoms with Crippen LogP contribution in [0, 0.1) is 6.92 Å². The van der Waals surface area contributed by atoms with Crippen molar-refractivity contribution >= 4 is 22.4 Å². The van der Waals surface area contributed by atoms with Crippen LogP contribution in [0.25, 0.3) is 22.0 Å². The molecule has 1 heterocycles. The van der Waals surface area contributed by atoms with E-state index in [0.29, 0.717) is 16.5 Å². The maximum absolute atomic E-state index is 5.99. The van der Waals surface area contributed by atoms with Gasteiger partial charge in [-0.1, -0.05) is 29.8 Å². The highest BCUT2D eigenvalue weighted by Gasteiger charge is 2.15. The van der Waals surface area contributed by atoms with Gasteiger partial charge in [0.25, 0.3) is 0 Å². The molecule has 2 aromatic carbocycles. The summed E-state index contributed by atoms with van der Waals surface area (Å²) in [5.41, 5.74) is 2.80. The van der Waals surface area contributed by atoms with Crippen molar-refractivity contribution in [3.05, 3.63) is 53.2 Å². The van der Waals surface area contributed by atoms with Crippen molar-refractivity contribution in [2.75, 3.05) is 14.2 Å². The molecule has 0 saturated carbocycles. The summed E-state index contributed by atoms with van der Waals surface area (Å²) in [4.78, 5) is 4.71. The van der Waals surface area contributed by atoms with Gasteiger partial charge in [-0.25, -0.2) is 0 Å². The number of halogens is 1. The van der Waals surface area contributed by atoms with E-state index in [9.17, 15) is 0 Å². The van der Waals surface area contributed by atoms with Crippen molar-refractivity contribution in [3.8, 4) is 22.8 Å². The SMILES string of the molecule is COc1ccc2cc(C)nc(-c3ccc(Cl)cc3)c2c1OC. The number of aryl methyl sites for hydroxylation is 1. The summed E-state index contributed by atoms with van der Waals surface area (Å²) in [5.74, 6) is 1.38. The monoisotopic (exact) mass is 313 g/mol. The molecule has 0 N–H and O–H groups in total. The molecule has 3 aromatic rings. The zero-order valence-corrected chi connectivity index (χ0v) is 13.4. The number of ether oxygens (including phenoxy) is 2. The molecular weight excluding hydrogens is 298 g/mol. The van der Waals surface area contributed by atoms with Gasteiger partial charge < -0.3 is 9.47 Å². The molecule has 0 aliphatic carbocycles. The Hall–Kier alpha value is -2.26. The van der Waals surface area contributed by atoms with Crippen LogP contribution in [-0.2, 0) is 0 Å². The molecule has 0 fully saturated rings. The fourth-order valence-corrected chi connectivity index (χ4v) is 2.74. The minimum atomic E-state index is 0.691. The quantitative estimate of drug-likeness (QED) is 0.690. The maximum Gasteiger partial charge on any atom is 0.170 e. The van der Waals surface area contributed by atoms with E-state index in [0.717, 1.165) is 27.7 Å². The molecule has 112 valence electrons. The molecule has 3 rings (SSSR count). The first kappa shape index (κ1) is 14.7. The second-order valence-electron chi connectivity index (χ2n) is 5.02. The predicted octanol–water partition coefficient (Wildman–Crippen LogP) is 4.88. The number of aromatic nitrogens is 1. The van der Waals surface area contributed by atoms with E-state index in [-0.39, 0.29) is 0 Å². The van der Waals surface area contributed by atoms with Crippen LogP contribution in [0.3, 0.4) is 0 Å². The number of methoxy groups -OCH3 is 2. The lowest BCUT2D eigenvalue weighted by molar-refractivity contribution is 0.358. The van der Waals surface area contributed by atoms with Crippen LogP contribution in [0.2, 0.25) is 5.02 Å². The van der Waals surface area contributed by atoms with Gasteiger partial charge in [0, 0.05) is 16.3 Å². The third-order valence-corrected chi connectivity index (χ3v) is 3.84. The van der Waals surface area contributed by atoms with Gasteiger partial charge in [-0.15, -0.1) is 0 Å². The van der Waals surface area contributed by atoms with Gasteiger partial charge >= 0.3 is 0 Å². The molecule has 0 radical (unpaired) electrons. The Balaban J connectivity index is 2.39. The summed E-state index contributed by atoms with van der Waals surface area (Å²) in [5, 5.41) is 2.70. The van der Waals surface area contributed by atoms with Gasteiger partial charge in [-0.3, -0.25) is 4.98 Å². The Morgan fingerprint density at radius 1 is 0.955 bits per heavy atom. The predicted molar refractivity (Wildman–Crippen MR) is 90.0 cm³/mol. The molecule has 0 saturated heterocycles. The fraction of sp³-hybridized carbons (Fsp3) is 0.167. The summed E-state index contributed by atoms with van der Waals surface area (Å²) in [7, 11) is 3.27. The smallest absolute Gasteiger partial charge is 0.170 e. The van der Waals surface area contributed by atoms with Crippen molar-refractivity contribution in [1.82, 2.24) is 4.98 Å². The number of rotatable bonds is 3. The largest absolute Gasteiger partial charge is 0.493 e. The van der Waals surface area contributed by atoms with Crippen LogP contribution in [0.15, 0.2) is 42.5 Å². The van der Waals surface area contributed by atoms with E-state index in [1.54, 1.807) is 14.2 Å². The van der Waals surface area contributed by atoms with Crippen LogP contribution < -0.4 is 9.47 Å². The van der Waals surface area contributed by atoms with Crippen molar-refractivity contribution in [2.45, 2.75) is 6.92 Å². The number of fused-ring (bicyclic) bond motifs is 1. The molecular formula is C18H16ClNO2.